The van der Waals surface area contributed by atoms with Crippen molar-refractivity contribution in [2.45, 2.75) is 59.1 Å². The van der Waals surface area contributed by atoms with Crippen molar-refractivity contribution in [1.29, 1.82) is 0 Å². The number of thioether (sulfide) groups is 1. The number of carbonyl (C=O) groups is 2. The average molecular weight is 511 g/mol. The molecule has 1 aliphatic rings. The first kappa shape index (κ1) is 27.8. The Kier molecular flexibility index (Phi) is 11.3. The monoisotopic (exact) mass is 510 g/mol. The normalized spacial score (nSPS) is 14.6. The second-order valence-corrected chi connectivity index (χ2v) is 10.1. The van der Waals surface area contributed by atoms with Gasteiger partial charge in [-0.25, -0.2) is 4.79 Å². The number of nitrogens with zero attached hydrogens (tertiary/aromatic N) is 2. The van der Waals surface area contributed by atoms with Crippen LogP contribution in [0.15, 0.2) is 65.7 Å². The van der Waals surface area contributed by atoms with Gasteiger partial charge in [-0.1, -0.05) is 67.6 Å². The highest BCUT2D eigenvalue weighted by molar-refractivity contribution is 8.14. The molecule has 1 aliphatic heterocycles. The summed E-state index contributed by atoms with van der Waals surface area (Å²) in [7, 11) is 0. The molecule has 0 fully saturated rings. The van der Waals surface area contributed by atoms with Crippen LogP contribution in [0.3, 0.4) is 0 Å². The van der Waals surface area contributed by atoms with E-state index in [-0.39, 0.29) is 24.1 Å². The second kappa shape index (κ2) is 14.7. The van der Waals surface area contributed by atoms with Crippen LogP contribution in [-0.2, 0) is 27.4 Å². The molecular formula is C29H38N2O4S. The highest BCUT2D eigenvalue weighted by atomic mass is 32.2. The maximum Gasteiger partial charge on any atom is 0.410 e. The zero-order valence-corrected chi connectivity index (χ0v) is 22.3. The van der Waals surface area contributed by atoms with Crippen molar-refractivity contribution < 1.29 is 19.1 Å². The zero-order chi connectivity index (χ0) is 25.6. The summed E-state index contributed by atoms with van der Waals surface area (Å²) in [5.74, 6) is 0.830. The van der Waals surface area contributed by atoms with Crippen LogP contribution in [0.4, 0.5) is 4.79 Å². The molecule has 1 amide bonds. The summed E-state index contributed by atoms with van der Waals surface area (Å²) in [5.41, 5.74) is 1.86. The Hall–Kier alpha value is -2.80. The van der Waals surface area contributed by atoms with Crippen LogP contribution in [0, 0.1) is 5.41 Å². The highest BCUT2D eigenvalue weighted by Gasteiger charge is 2.36. The van der Waals surface area contributed by atoms with Gasteiger partial charge < -0.3 is 14.4 Å². The molecule has 2 aromatic carbocycles. The molecule has 194 valence electrons. The molecule has 3 rings (SSSR count). The van der Waals surface area contributed by atoms with Gasteiger partial charge in [0.25, 0.3) is 0 Å². The summed E-state index contributed by atoms with van der Waals surface area (Å²) in [6.45, 7) is 6.54. The minimum atomic E-state index is -0.316. The molecule has 1 atom stereocenters. The minimum Gasteiger partial charge on any atom is -0.466 e. The number of hydrogen-bond donors (Lipinski definition) is 0. The predicted octanol–water partition coefficient (Wildman–Crippen LogP) is 6.49. The lowest BCUT2D eigenvalue weighted by Crippen LogP contribution is -2.34. The molecule has 0 radical (unpaired) electrons. The van der Waals surface area contributed by atoms with E-state index in [9.17, 15) is 9.59 Å². The van der Waals surface area contributed by atoms with E-state index in [4.69, 9.17) is 14.5 Å². The second-order valence-electron chi connectivity index (χ2n) is 9.03. The summed E-state index contributed by atoms with van der Waals surface area (Å²) in [4.78, 5) is 31.8. The van der Waals surface area contributed by atoms with E-state index in [0.29, 0.717) is 32.5 Å². The van der Waals surface area contributed by atoms with Gasteiger partial charge in [0.2, 0.25) is 0 Å². The fraction of sp³-hybridized carbons (Fsp3) is 0.483. The van der Waals surface area contributed by atoms with E-state index in [2.05, 4.69) is 6.92 Å². The van der Waals surface area contributed by atoms with Gasteiger partial charge in [0, 0.05) is 37.2 Å². The molecule has 0 N–H and O–H groups in total. The lowest BCUT2D eigenvalue weighted by Gasteiger charge is -2.33. The van der Waals surface area contributed by atoms with Crippen molar-refractivity contribution in [3.05, 3.63) is 71.8 Å². The van der Waals surface area contributed by atoms with Crippen LogP contribution in [0.1, 0.15) is 57.1 Å². The Morgan fingerprint density at radius 3 is 2.28 bits per heavy atom. The standard InChI is InChI=1S/C29H38N2O4S/c1-3-29(27-30-19-21-36-27,18-16-26(32)34-4-2)17-11-20-31(22-24-12-7-5-8-13-24)28(33)35-23-25-14-9-6-10-15-25/h5-10,12-15H,3-4,11,16-23H2,1-2H3/t29-/m0/s1. The number of ether oxygens (including phenoxy) is 2. The number of benzene rings is 2. The zero-order valence-electron chi connectivity index (χ0n) is 21.5. The highest BCUT2D eigenvalue weighted by Crippen LogP contribution is 2.41. The molecule has 0 saturated carbocycles. The summed E-state index contributed by atoms with van der Waals surface area (Å²) in [6.07, 6.45) is 3.33. The molecule has 0 aromatic heterocycles. The van der Waals surface area contributed by atoms with Gasteiger partial charge >= 0.3 is 12.1 Å². The SMILES string of the molecule is CCOC(=O)CC[C@](CC)(CCCN(Cc1ccccc1)C(=O)OCc1ccccc1)C1=NCCS1. The molecule has 0 saturated heterocycles. The number of carbonyl (C=O) groups excluding carboxylic acids is 2. The number of amides is 1. The van der Waals surface area contributed by atoms with Gasteiger partial charge in [0.15, 0.2) is 0 Å². The van der Waals surface area contributed by atoms with Crippen LogP contribution >= 0.6 is 11.8 Å². The van der Waals surface area contributed by atoms with Crippen molar-refractivity contribution in [2.24, 2.45) is 10.4 Å². The Morgan fingerprint density at radius 2 is 1.67 bits per heavy atom. The van der Waals surface area contributed by atoms with Crippen LogP contribution < -0.4 is 0 Å². The molecule has 0 bridgehead atoms. The van der Waals surface area contributed by atoms with Crippen molar-refractivity contribution in [2.75, 3.05) is 25.4 Å². The van der Waals surface area contributed by atoms with E-state index in [0.717, 1.165) is 47.7 Å². The number of esters is 1. The maximum absolute atomic E-state index is 13.1. The van der Waals surface area contributed by atoms with Crippen molar-refractivity contribution in [3.8, 4) is 0 Å². The summed E-state index contributed by atoms with van der Waals surface area (Å²) < 4.78 is 10.9. The first-order valence-corrected chi connectivity index (χ1v) is 13.9. The van der Waals surface area contributed by atoms with Crippen molar-refractivity contribution >= 4 is 28.9 Å². The number of hydrogen-bond acceptors (Lipinski definition) is 6. The molecule has 36 heavy (non-hydrogen) atoms. The summed E-state index contributed by atoms with van der Waals surface area (Å²) >= 11 is 1.81. The predicted molar refractivity (Wildman–Crippen MR) is 146 cm³/mol. The lowest BCUT2D eigenvalue weighted by molar-refractivity contribution is -0.143. The van der Waals surface area contributed by atoms with E-state index in [1.165, 1.54) is 0 Å². The van der Waals surface area contributed by atoms with Gasteiger partial charge in [0.1, 0.15) is 6.61 Å². The number of rotatable bonds is 14. The quantitative estimate of drug-likeness (QED) is 0.272. The van der Waals surface area contributed by atoms with Gasteiger partial charge in [-0.15, -0.1) is 11.8 Å². The van der Waals surface area contributed by atoms with Gasteiger partial charge in [0.05, 0.1) is 11.7 Å². The van der Waals surface area contributed by atoms with E-state index in [1.807, 2.05) is 67.6 Å². The molecule has 7 heteroatoms. The van der Waals surface area contributed by atoms with Crippen LogP contribution in [-0.4, -0.2) is 47.5 Å². The van der Waals surface area contributed by atoms with Crippen LogP contribution in [0.2, 0.25) is 0 Å². The topological polar surface area (TPSA) is 68.2 Å². The summed E-state index contributed by atoms with van der Waals surface area (Å²) in [6, 6.07) is 19.7. The Balaban J connectivity index is 1.67. The first-order chi connectivity index (χ1) is 17.6. The van der Waals surface area contributed by atoms with Crippen molar-refractivity contribution in [1.82, 2.24) is 4.90 Å². The molecule has 0 aliphatic carbocycles. The van der Waals surface area contributed by atoms with E-state index < -0.39 is 0 Å². The lowest BCUT2D eigenvalue weighted by atomic mass is 9.77. The Bertz CT molecular complexity index is 983. The maximum atomic E-state index is 13.1. The van der Waals surface area contributed by atoms with Crippen molar-refractivity contribution in [3.63, 3.8) is 0 Å². The number of aliphatic imine (C=N–C) groups is 1. The molecule has 0 spiro atoms. The van der Waals surface area contributed by atoms with Gasteiger partial charge in [-0.2, -0.15) is 0 Å². The fourth-order valence-corrected chi connectivity index (χ4v) is 5.74. The Morgan fingerprint density at radius 1 is 0.972 bits per heavy atom. The molecule has 0 unspecified atom stereocenters. The largest absolute Gasteiger partial charge is 0.466 e. The third-order valence-electron chi connectivity index (χ3n) is 6.59. The third-order valence-corrected chi connectivity index (χ3v) is 7.81. The molecule has 1 heterocycles. The molecule has 6 nitrogen and oxygen atoms in total. The minimum absolute atomic E-state index is 0.158. The average Bonchev–Trinajstić information content (AvgIpc) is 3.46. The van der Waals surface area contributed by atoms with Crippen LogP contribution in [0.25, 0.3) is 0 Å². The van der Waals surface area contributed by atoms with Gasteiger partial charge in [-0.05, 0) is 43.7 Å². The molecular weight excluding hydrogens is 472 g/mol. The Labute approximate surface area is 219 Å². The molecule has 2 aromatic rings. The van der Waals surface area contributed by atoms with E-state index in [1.54, 1.807) is 16.7 Å². The summed E-state index contributed by atoms with van der Waals surface area (Å²) in [5, 5.41) is 1.15. The van der Waals surface area contributed by atoms with Crippen LogP contribution in [0.5, 0.6) is 0 Å². The smallest absolute Gasteiger partial charge is 0.410 e. The fourth-order valence-electron chi connectivity index (χ4n) is 4.53. The third kappa shape index (κ3) is 8.40. The van der Waals surface area contributed by atoms with Gasteiger partial charge in [-0.3, -0.25) is 9.79 Å². The first-order valence-electron chi connectivity index (χ1n) is 12.9. The van der Waals surface area contributed by atoms with E-state index >= 15 is 0 Å².